The number of piperazine rings is 1. The summed E-state index contributed by atoms with van der Waals surface area (Å²) in [6.07, 6.45) is 1.42. The van der Waals surface area contributed by atoms with E-state index in [1.807, 2.05) is 6.07 Å². The molecule has 0 radical (unpaired) electrons. The van der Waals surface area contributed by atoms with Crippen LogP contribution < -0.4 is 10.5 Å². The summed E-state index contributed by atoms with van der Waals surface area (Å²) < 4.78 is 13.4. The van der Waals surface area contributed by atoms with Gasteiger partial charge >= 0.3 is 0 Å². The van der Waals surface area contributed by atoms with Crippen LogP contribution in [0.15, 0.2) is 29.1 Å². The Bertz CT molecular complexity index is 860. The number of H-pyrrole nitrogens is 1. The summed E-state index contributed by atoms with van der Waals surface area (Å²) in [6, 6.07) is 6.73. The lowest BCUT2D eigenvalue weighted by Crippen LogP contribution is -2.45. The van der Waals surface area contributed by atoms with E-state index in [2.05, 4.69) is 26.7 Å². The minimum atomic E-state index is -0.208. The number of nitrogens with one attached hydrogen (secondary N) is 1. The van der Waals surface area contributed by atoms with Crippen molar-refractivity contribution in [3.05, 3.63) is 57.3 Å². The molecule has 1 saturated heterocycles. The second kappa shape index (κ2) is 7.78. The number of aromatic amines is 1. The van der Waals surface area contributed by atoms with E-state index < -0.39 is 0 Å². The van der Waals surface area contributed by atoms with E-state index in [-0.39, 0.29) is 11.4 Å². The summed E-state index contributed by atoms with van der Waals surface area (Å²) >= 11 is 0. The van der Waals surface area contributed by atoms with Crippen LogP contribution in [0.2, 0.25) is 0 Å². The molecule has 7 heteroatoms. The fourth-order valence-corrected chi connectivity index (χ4v) is 3.86. The highest BCUT2D eigenvalue weighted by Gasteiger charge is 2.22. The van der Waals surface area contributed by atoms with Gasteiger partial charge in [-0.25, -0.2) is 9.37 Å². The molecule has 2 aliphatic heterocycles. The maximum Gasteiger partial charge on any atom is 0.255 e. The third-order valence-electron chi connectivity index (χ3n) is 5.53. The lowest BCUT2D eigenvalue weighted by molar-refractivity contribution is 0.278. The Balaban J connectivity index is 1.49. The van der Waals surface area contributed by atoms with Crippen molar-refractivity contribution in [1.82, 2.24) is 19.8 Å². The molecule has 144 valence electrons. The van der Waals surface area contributed by atoms with Crippen LogP contribution in [0.5, 0.6) is 0 Å². The highest BCUT2D eigenvalue weighted by molar-refractivity contribution is 5.35. The van der Waals surface area contributed by atoms with Crippen LogP contribution in [0.25, 0.3) is 0 Å². The third-order valence-corrected chi connectivity index (χ3v) is 5.53. The second-order valence-electron chi connectivity index (χ2n) is 7.51. The molecule has 0 amide bonds. The van der Waals surface area contributed by atoms with Crippen molar-refractivity contribution >= 4 is 5.95 Å². The van der Waals surface area contributed by atoms with Crippen LogP contribution >= 0.6 is 0 Å². The first-order valence-electron chi connectivity index (χ1n) is 9.61. The molecule has 1 aromatic carbocycles. The van der Waals surface area contributed by atoms with Crippen molar-refractivity contribution in [1.29, 1.82) is 0 Å². The summed E-state index contributed by atoms with van der Waals surface area (Å²) in [6.45, 7) is 6.00. The molecular formula is C20H26FN5O. The summed E-state index contributed by atoms with van der Waals surface area (Å²) in [5, 5.41) is 0. The van der Waals surface area contributed by atoms with Gasteiger partial charge in [0.25, 0.3) is 5.56 Å². The number of likely N-dealkylation sites (N-methyl/N-ethyl adjacent to an activating group) is 1. The Labute approximate surface area is 158 Å². The molecule has 0 unspecified atom stereocenters. The highest BCUT2D eigenvalue weighted by Crippen LogP contribution is 2.17. The van der Waals surface area contributed by atoms with Crippen molar-refractivity contribution in [3.63, 3.8) is 0 Å². The van der Waals surface area contributed by atoms with Gasteiger partial charge in [0.05, 0.1) is 5.69 Å². The standard InChI is InChI=1S/C20H26FN5O/c1-24-9-11-26(12-10-24)20-22-18-6-8-25(7-5-17(18)19(27)23-20)14-15-3-2-4-16(21)13-15/h2-4,13H,5-12,14H2,1H3,(H,22,23,27). The molecule has 0 saturated carbocycles. The second-order valence-corrected chi connectivity index (χ2v) is 7.51. The molecule has 6 nitrogen and oxygen atoms in total. The Morgan fingerprint density at radius 1 is 1.11 bits per heavy atom. The molecule has 3 heterocycles. The first-order valence-corrected chi connectivity index (χ1v) is 9.61. The SMILES string of the molecule is CN1CCN(c2nc3c(c(=O)[nH]2)CCN(Cc2cccc(F)c2)CC3)CC1. The normalized spacial score (nSPS) is 19.0. The van der Waals surface area contributed by atoms with Gasteiger partial charge in [-0.15, -0.1) is 0 Å². The van der Waals surface area contributed by atoms with E-state index in [1.165, 1.54) is 6.07 Å². The van der Waals surface area contributed by atoms with Crippen molar-refractivity contribution in [3.8, 4) is 0 Å². The number of benzene rings is 1. The molecule has 0 spiro atoms. The number of hydrogen-bond donors (Lipinski definition) is 1. The van der Waals surface area contributed by atoms with Crippen LogP contribution in [0.4, 0.5) is 10.3 Å². The molecular weight excluding hydrogens is 345 g/mol. The number of fused-ring (bicyclic) bond motifs is 1. The Morgan fingerprint density at radius 2 is 1.89 bits per heavy atom. The smallest absolute Gasteiger partial charge is 0.255 e. The van der Waals surface area contributed by atoms with E-state index in [0.717, 1.165) is 62.5 Å². The molecule has 1 aromatic heterocycles. The monoisotopic (exact) mass is 371 g/mol. The average Bonchev–Trinajstić information content (AvgIpc) is 2.85. The van der Waals surface area contributed by atoms with Gasteiger partial charge in [-0.2, -0.15) is 0 Å². The van der Waals surface area contributed by atoms with Crippen LogP contribution in [-0.4, -0.2) is 66.1 Å². The van der Waals surface area contributed by atoms with Crippen molar-refractivity contribution < 1.29 is 4.39 Å². The molecule has 2 aliphatic rings. The van der Waals surface area contributed by atoms with Gasteiger partial charge in [0.2, 0.25) is 5.95 Å². The first-order chi connectivity index (χ1) is 13.1. The molecule has 1 fully saturated rings. The highest BCUT2D eigenvalue weighted by atomic mass is 19.1. The fraction of sp³-hybridized carbons (Fsp3) is 0.500. The molecule has 2 aromatic rings. The molecule has 27 heavy (non-hydrogen) atoms. The van der Waals surface area contributed by atoms with E-state index in [1.54, 1.807) is 12.1 Å². The first kappa shape index (κ1) is 18.1. The van der Waals surface area contributed by atoms with E-state index in [4.69, 9.17) is 4.98 Å². The number of nitrogens with zero attached hydrogens (tertiary/aromatic N) is 4. The van der Waals surface area contributed by atoms with E-state index in [0.29, 0.717) is 18.9 Å². The number of hydrogen-bond acceptors (Lipinski definition) is 5. The quantitative estimate of drug-likeness (QED) is 0.881. The molecule has 1 N–H and O–H groups in total. The summed E-state index contributed by atoms with van der Waals surface area (Å²) in [4.78, 5) is 27.2. The van der Waals surface area contributed by atoms with E-state index >= 15 is 0 Å². The summed E-state index contributed by atoms with van der Waals surface area (Å²) in [7, 11) is 2.11. The van der Waals surface area contributed by atoms with E-state index in [9.17, 15) is 9.18 Å². The van der Waals surface area contributed by atoms with Gasteiger partial charge in [-0.3, -0.25) is 14.7 Å². The Hall–Kier alpha value is -2.25. The van der Waals surface area contributed by atoms with Crippen molar-refractivity contribution in [2.24, 2.45) is 0 Å². The minimum absolute atomic E-state index is 0.0125. The molecule has 0 bridgehead atoms. The Morgan fingerprint density at radius 3 is 2.67 bits per heavy atom. The van der Waals surface area contributed by atoms with Gasteiger partial charge in [0.15, 0.2) is 0 Å². The van der Waals surface area contributed by atoms with Gasteiger partial charge < -0.3 is 9.80 Å². The van der Waals surface area contributed by atoms with Gasteiger partial charge in [0.1, 0.15) is 5.82 Å². The summed E-state index contributed by atoms with van der Waals surface area (Å²) in [5.41, 5.74) is 2.66. The van der Waals surface area contributed by atoms with Crippen LogP contribution in [-0.2, 0) is 19.4 Å². The lowest BCUT2D eigenvalue weighted by atomic mass is 10.1. The Kier molecular flexibility index (Phi) is 5.22. The van der Waals surface area contributed by atoms with Gasteiger partial charge in [-0.05, 0) is 31.2 Å². The number of anilines is 1. The fourth-order valence-electron chi connectivity index (χ4n) is 3.86. The number of halogens is 1. The largest absolute Gasteiger partial charge is 0.340 e. The summed E-state index contributed by atoms with van der Waals surface area (Å²) in [5.74, 6) is 0.492. The van der Waals surface area contributed by atoms with Crippen LogP contribution in [0.1, 0.15) is 16.8 Å². The molecule has 4 rings (SSSR count). The molecule has 0 atom stereocenters. The predicted octanol–water partition coefficient (Wildman–Crippen LogP) is 1.26. The van der Waals surface area contributed by atoms with Gasteiger partial charge in [0, 0.05) is 57.8 Å². The zero-order valence-corrected chi connectivity index (χ0v) is 15.7. The lowest BCUT2D eigenvalue weighted by Gasteiger charge is -2.32. The number of aromatic nitrogens is 2. The van der Waals surface area contributed by atoms with Gasteiger partial charge in [-0.1, -0.05) is 12.1 Å². The minimum Gasteiger partial charge on any atom is -0.340 e. The maximum absolute atomic E-state index is 13.4. The maximum atomic E-state index is 13.4. The average molecular weight is 371 g/mol. The molecule has 0 aliphatic carbocycles. The predicted molar refractivity (Wildman–Crippen MR) is 104 cm³/mol. The third kappa shape index (κ3) is 4.20. The number of rotatable bonds is 3. The zero-order valence-electron chi connectivity index (χ0n) is 15.7. The zero-order chi connectivity index (χ0) is 18.8. The van der Waals surface area contributed by atoms with Crippen molar-refractivity contribution in [2.75, 3.05) is 51.2 Å². The van der Waals surface area contributed by atoms with Crippen LogP contribution in [0, 0.1) is 5.82 Å². The topological polar surface area (TPSA) is 55.5 Å². The van der Waals surface area contributed by atoms with Crippen molar-refractivity contribution in [2.45, 2.75) is 19.4 Å². The van der Waals surface area contributed by atoms with Crippen LogP contribution in [0.3, 0.4) is 0 Å².